The Morgan fingerprint density at radius 3 is 2.45 bits per heavy atom. The Labute approximate surface area is 233 Å². The number of amides is 2. The molecule has 0 aliphatic carbocycles. The number of rotatable bonds is 14. The highest BCUT2D eigenvalue weighted by Gasteiger charge is 2.30. The second kappa shape index (κ2) is 14.1. The van der Waals surface area contributed by atoms with Crippen LogP contribution in [-0.4, -0.2) is 86.5 Å². The van der Waals surface area contributed by atoms with Gasteiger partial charge in [0.1, 0.15) is 12.4 Å². The number of sulfonamides is 1. The smallest absolute Gasteiger partial charge is 0.431 e. The number of carbonyl (C=O) groups is 2. The minimum atomic E-state index is -3.96. The van der Waals surface area contributed by atoms with Gasteiger partial charge in [-0.15, -0.1) is 0 Å². The molecule has 220 valence electrons. The molecule has 1 aliphatic rings. The average molecular weight is 582 g/mol. The molecule has 0 spiro atoms. The standard InChI is InChI=1S/C26H35N3O10S/c1-18(2)16-28(40(34,35)22-8-9-23-24(15-22)39-17-38-23)12-10-20(29(33)26(31)32)14-19-4-6-21(7-5-19)37-13-11-27-25(30)36-3/h4-9,15,18,20,33H,10-14,16-17H2,1-3H3,(H,27,30)(H,31,32). The van der Waals surface area contributed by atoms with E-state index in [1.165, 1.54) is 29.6 Å². The Morgan fingerprint density at radius 2 is 1.80 bits per heavy atom. The van der Waals surface area contributed by atoms with Gasteiger partial charge in [-0.25, -0.2) is 18.0 Å². The number of hydroxylamine groups is 2. The van der Waals surface area contributed by atoms with E-state index in [4.69, 9.17) is 14.2 Å². The Balaban J connectivity index is 1.69. The van der Waals surface area contributed by atoms with Gasteiger partial charge in [0.15, 0.2) is 11.5 Å². The molecule has 2 aromatic rings. The van der Waals surface area contributed by atoms with Crippen molar-refractivity contribution in [2.75, 3.05) is 40.1 Å². The first-order chi connectivity index (χ1) is 19.0. The van der Waals surface area contributed by atoms with Gasteiger partial charge in [0.05, 0.1) is 24.6 Å². The summed E-state index contributed by atoms with van der Waals surface area (Å²) >= 11 is 0. The fraction of sp³-hybridized carbons (Fsp3) is 0.462. The molecule has 1 heterocycles. The van der Waals surface area contributed by atoms with E-state index in [-0.39, 0.29) is 61.8 Å². The zero-order valence-corrected chi connectivity index (χ0v) is 23.4. The van der Waals surface area contributed by atoms with E-state index in [9.17, 15) is 28.3 Å². The van der Waals surface area contributed by atoms with Crippen molar-refractivity contribution in [2.24, 2.45) is 5.92 Å². The number of carbonyl (C=O) groups excluding carboxylic acids is 1. The van der Waals surface area contributed by atoms with Gasteiger partial charge in [-0.05, 0) is 48.6 Å². The Bertz CT molecular complexity index is 1250. The summed E-state index contributed by atoms with van der Waals surface area (Å²) in [6, 6.07) is 10.3. The normalized spacial score (nSPS) is 13.2. The fourth-order valence-electron chi connectivity index (χ4n) is 4.05. The van der Waals surface area contributed by atoms with E-state index < -0.39 is 28.3 Å². The van der Waals surface area contributed by atoms with Crippen LogP contribution in [0.15, 0.2) is 47.4 Å². The summed E-state index contributed by atoms with van der Waals surface area (Å²) in [5.74, 6) is 1.32. The quantitative estimate of drug-likeness (QED) is 0.171. The third-order valence-electron chi connectivity index (χ3n) is 6.02. The Hall–Kier alpha value is -3.75. The minimum Gasteiger partial charge on any atom is -0.492 e. The molecule has 0 radical (unpaired) electrons. The topological polar surface area (TPSA) is 164 Å². The number of nitrogens with one attached hydrogen (secondary N) is 1. The van der Waals surface area contributed by atoms with Gasteiger partial charge in [-0.2, -0.15) is 9.37 Å². The lowest BCUT2D eigenvalue weighted by atomic mass is 10.0. The predicted octanol–water partition coefficient (Wildman–Crippen LogP) is 3.17. The van der Waals surface area contributed by atoms with Gasteiger partial charge >= 0.3 is 12.2 Å². The van der Waals surface area contributed by atoms with Crippen LogP contribution in [-0.2, 0) is 21.2 Å². The van der Waals surface area contributed by atoms with Crippen LogP contribution in [0.4, 0.5) is 9.59 Å². The molecule has 40 heavy (non-hydrogen) atoms. The van der Waals surface area contributed by atoms with Crippen LogP contribution < -0.4 is 19.5 Å². The van der Waals surface area contributed by atoms with Crippen molar-refractivity contribution in [2.45, 2.75) is 37.6 Å². The highest BCUT2D eigenvalue weighted by molar-refractivity contribution is 7.89. The van der Waals surface area contributed by atoms with Crippen LogP contribution in [0.25, 0.3) is 0 Å². The molecule has 3 rings (SSSR count). The molecule has 0 saturated carbocycles. The first-order valence-electron chi connectivity index (χ1n) is 12.7. The number of nitrogens with zero attached hydrogens (tertiary/aromatic N) is 2. The summed E-state index contributed by atoms with van der Waals surface area (Å²) in [5, 5.41) is 22.5. The highest BCUT2D eigenvalue weighted by Crippen LogP contribution is 2.35. The molecule has 1 aliphatic heterocycles. The van der Waals surface area contributed by atoms with E-state index in [1.807, 2.05) is 13.8 Å². The van der Waals surface area contributed by atoms with Gasteiger partial charge < -0.3 is 29.4 Å². The van der Waals surface area contributed by atoms with E-state index in [1.54, 1.807) is 24.3 Å². The van der Waals surface area contributed by atoms with Crippen LogP contribution in [0.2, 0.25) is 0 Å². The van der Waals surface area contributed by atoms with Gasteiger partial charge in [-0.3, -0.25) is 5.21 Å². The number of benzene rings is 2. The van der Waals surface area contributed by atoms with Crippen LogP contribution >= 0.6 is 0 Å². The molecule has 0 saturated heterocycles. The second-order valence-corrected chi connectivity index (χ2v) is 11.4. The van der Waals surface area contributed by atoms with Crippen LogP contribution in [0.3, 0.4) is 0 Å². The monoisotopic (exact) mass is 581 g/mol. The van der Waals surface area contributed by atoms with Crippen molar-refractivity contribution < 1.29 is 47.3 Å². The van der Waals surface area contributed by atoms with Crippen molar-refractivity contribution in [3.63, 3.8) is 0 Å². The van der Waals surface area contributed by atoms with Crippen molar-refractivity contribution in [3.8, 4) is 17.2 Å². The molecule has 2 amide bonds. The number of alkyl carbamates (subject to hydrolysis) is 1. The van der Waals surface area contributed by atoms with Crippen molar-refractivity contribution in [1.29, 1.82) is 0 Å². The fourth-order valence-corrected chi connectivity index (χ4v) is 5.69. The maximum absolute atomic E-state index is 13.5. The molecular weight excluding hydrogens is 546 g/mol. The summed E-state index contributed by atoms with van der Waals surface area (Å²) in [5.41, 5.74) is 0.708. The molecule has 13 nitrogen and oxygen atoms in total. The van der Waals surface area contributed by atoms with E-state index in [0.717, 1.165) is 0 Å². The number of hydrogen-bond donors (Lipinski definition) is 3. The lowest BCUT2D eigenvalue weighted by Crippen LogP contribution is -2.42. The zero-order valence-electron chi connectivity index (χ0n) is 22.6. The van der Waals surface area contributed by atoms with E-state index >= 15 is 0 Å². The molecule has 2 aromatic carbocycles. The molecular formula is C26H35N3O10S. The summed E-state index contributed by atoms with van der Waals surface area (Å²) in [6.07, 6.45) is -1.94. The molecule has 0 fully saturated rings. The van der Waals surface area contributed by atoms with Crippen LogP contribution in [0.5, 0.6) is 17.2 Å². The zero-order chi connectivity index (χ0) is 29.3. The Morgan fingerprint density at radius 1 is 1.10 bits per heavy atom. The molecule has 1 unspecified atom stereocenters. The summed E-state index contributed by atoms with van der Waals surface area (Å²) < 4.78 is 49.0. The first kappa shape index (κ1) is 30.8. The predicted molar refractivity (Wildman–Crippen MR) is 142 cm³/mol. The van der Waals surface area contributed by atoms with Gasteiger partial charge in [0.2, 0.25) is 16.8 Å². The largest absolute Gasteiger partial charge is 0.492 e. The molecule has 0 bridgehead atoms. The third kappa shape index (κ3) is 8.37. The van der Waals surface area contributed by atoms with Crippen LogP contribution in [0, 0.1) is 5.92 Å². The lowest BCUT2D eigenvalue weighted by molar-refractivity contribution is -0.0984. The highest BCUT2D eigenvalue weighted by atomic mass is 32.2. The molecule has 3 N–H and O–H groups in total. The number of fused-ring (bicyclic) bond motifs is 1. The average Bonchev–Trinajstić information content (AvgIpc) is 3.40. The number of ether oxygens (including phenoxy) is 4. The first-order valence-corrected chi connectivity index (χ1v) is 14.1. The summed E-state index contributed by atoms with van der Waals surface area (Å²) in [7, 11) is -2.69. The minimum absolute atomic E-state index is 0.0114. The molecule has 0 aromatic heterocycles. The van der Waals surface area contributed by atoms with Crippen LogP contribution in [0.1, 0.15) is 25.8 Å². The lowest BCUT2D eigenvalue weighted by Gasteiger charge is -2.28. The Kier molecular flexibility index (Phi) is 10.8. The summed E-state index contributed by atoms with van der Waals surface area (Å²) in [6.45, 7) is 4.39. The maximum Gasteiger partial charge on any atom is 0.431 e. The van der Waals surface area contributed by atoms with Gasteiger partial charge in [0, 0.05) is 19.2 Å². The van der Waals surface area contributed by atoms with Crippen molar-refractivity contribution in [3.05, 3.63) is 48.0 Å². The third-order valence-corrected chi connectivity index (χ3v) is 7.89. The molecule has 1 atom stereocenters. The number of hydrogen-bond acceptors (Lipinski definition) is 9. The number of carboxylic acid groups (broad SMARTS) is 1. The van der Waals surface area contributed by atoms with Crippen molar-refractivity contribution >= 4 is 22.2 Å². The van der Waals surface area contributed by atoms with Gasteiger partial charge in [0.25, 0.3) is 0 Å². The second-order valence-electron chi connectivity index (χ2n) is 9.46. The van der Waals surface area contributed by atoms with Crippen molar-refractivity contribution in [1.82, 2.24) is 14.7 Å². The van der Waals surface area contributed by atoms with E-state index in [0.29, 0.717) is 22.8 Å². The maximum atomic E-state index is 13.5. The van der Waals surface area contributed by atoms with Gasteiger partial charge in [-0.1, -0.05) is 26.0 Å². The summed E-state index contributed by atoms with van der Waals surface area (Å²) in [4.78, 5) is 22.7. The van der Waals surface area contributed by atoms with E-state index in [2.05, 4.69) is 10.1 Å². The number of methoxy groups -OCH3 is 1. The molecule has 14 heteroatoms. The SMILES string of the molecule is COC(=O)NCCOc1ccc(CC(CCN(CC(C)C)S(=O)(=O)c2ccc3c(c2)OCO3)N(O)C(=O)O)cc1.